The average molecular weight is 496 g/mol. The van der Waals surface area contributed by atoms with Crippen molar-refractivity contribution in [3.05, 3.63) is 83.6 Å². The lowest BCUT2D eigenvalue weighted by atomic mass is 9.99. The normalized spacial score (nSPS) is 18.9. The molecule has 3 aromatic rings. The Kier molecular flexibility index (Phi) is 7.96. The number of rotatable bonds is 7. The van der Waals surface area contributed by atoms with Crippen LogP contribution in [0.2, 0.25) is 0 Å². The Bertz CT molecular complexity index is 1200. The van der Waals surface area contributed by atoms with Gasteiger partial charge in [0.25, 0.3) is 5.91 Å². The lowest BCUT2D eigenvalue weighted by Gasteiger charge is -2.37. The van der Waals surface area contributed by atoms with Crippen LogP contribution in [-0.2, 0) is 6.54 Å². The van der Waals surface area contributed by atoms with Gasteiger partial charge in [0.05, 0.1) is 12.6 Å². The van der Waals surface area contributed by atoms with Gasteiger partial charge in [0, 0.05) is 42.9 Å². The summed E-state index contributed by atoms with van der Waals surface area (Å²) in [6, 6.07) is 13.9. The number of hydrogen-bond donors (Lipinski definition) is 1. The molecule has 36 heavy (non-hydrogen) atoms. The smallest absolute Gasteiger partial charge is 0.259 e. The van der Waals surface area contributed by atoms with Crippen LogP contribution < -0.4 is 4.74 Å². The molecule has 2 aromatic carbocycles. The summed E-state index contributed by atoms with van der Waals surface area (Å²) in [5.41, 5.74) is 2.01. The van der Waals surface area contributed by atoms with Gasteiger partial charge in [-0.3, -0.25) is 9.69 Å². The highest BCUT2D eigenvalue weighted by molar-refractivity contribution is 5.98. The van der Waals surface area contributed by atoms with Gasteiger partial charge in [-0.1, -0.05) is 37.3 Å². The molecule has 2 heterocycles. The maximum atomic E-state index is 14.5. The number of amides is 1. The molecule has 0 aliphatic carbocycles. The second-order valence-corrected chi connectivity index (χ2v) is 9.50. The van der Waals surface area contributed by atoms with Crippen molar-refractivity contribution in [3.8, 4) is 17.0 Å². The standard InChI is InChI=1S/C28H31F2N3O3/c1-18-14-33(19(2)17-34)28(35)24-12-21(23-6-4-5-7-25(23)30)13-31-27(24)36-26(18)16-32(3)15-20-8-10-22(29)11-9-20/h4-13,18-19,26,34H,14-17H2,1-3H3/t18-,19-,26+/m0/s1. The summed E-state index contributed by atoms with van der Waals surface area (Å²) in [6.07, 6.45) is 1.19. The molecule has 190 valence electrons. The Morgan fingerprint density at radius 1 is 1.17 bits per heavy atom. The Labute approximate surface area is 210 Å². The number of halogens is 2. The molecule has 6 nitrogen and oxygen atoms in total. The first kappa shape index (κ1) is 25.7. The van der Waals surface area contributed by atoms with E-state index in [4.69, 9.17) is 4.74 Å². The van der Waals surface area contributed by atoms with Crippen LogP contribution in [0.25, 0.3) is 11.1 Å². The number of aromatic nitrogens is 1. The molecule has 8 heteroatoms. The number of fused-ring (bicyclic) bond motifs is 1. The molecule has 3 atom stereocenters. The summed E-state index contributed by atoms with van der Waals surface area (Å²) >= 11 is 0. The van der Waals surface area contributed by atoms with E-state index >= 15 is 0 Å². The molecular formula is C28H31F2N3O3. The molecule has 1 aliphatic heterocycles. The van der Waals surface area contributed by atoms with Crippen molar-refractivity contribution >= 4 is 5.91 Å². The van der Waals surface area contributed by atoms with Crippen LogP contribution in [0.3, 0.4) is 0 Å². The number of ether oxygens (including phenoxy) is 1. The van der Waals surface area contributed by atoms with Gasteiger partial charge in [-0.2, -0.15) is 0 Å². The number of benzene rings is 2. The molecule has 0 bridgehead atoms. The number of carbonyl (C=O) groups excluding carboxylic acids is 1. The predicted octanol–water partition coefficient (Wildman–Crippen LogP) is 4.38. The van der Waals surface area contributed by atoms with Crippen LogP contribution in [0.15, 0.2) is 60.8 Å². The number of carbonyl (C=O) groups is 1. The first-order valence-electron chi connectivity index (χ1n) is 12.0. The van der Waals surface area contributed by atoms with Crippen molar-refractivity contribution in [2.24, 2.45) is 5.92 Å². The summed E-state index contributed by atoms with van der Waals surface area (Å²) in [6.45, 7) is 5.10. The molecule has 1 amide bonds. The van der Waals surface area contributed by atoms with E-state index in [9.17, 15) is 18.7 Å². The topological polar surface area (TPSA) is 65.9 Å². The highest BCUT2D eigenvalue weighted by Gasteiger charge is 2.34. The van der Waals surface area contributed by atoms with Crippen LogP contribution >= 0.6 is 0 Å². The van der Waals surface area contributed by atoms with E-state index in [2.05, 4.69) is 9.88 Å². The van der Waals surface area contributed by atoms with Crippen LogP contribution in [0.1, 0.15) is 29.8 Å². The molecule has 0 saturated carbocycles. The van der Waals surface area contributed by atoms with E-state index in [0.717, 1.165) is 5.56 Å². The second-order valence-electron chi connectivity index (χ2n) is 9.50. The molecule has 0 saturated heterocycles. The minimum absolute atomic E-state index is 0.0696. The molecule has 0 unspecified atom stereocenters. The van der Waals surface area contributed by atoms with Crippen molar-refractivity contribution in [2.45, 2.75) is 32.5 Å². The number of likely N-dealkylation sites (N-methyl/N-ethyl adjacent to an activating group) is 1. The maximum absolute atomic E-state index is 14.5. The summed E-state index contributed by atoms with van der Waals surface area (Å²) in [5.74, 6) is -0.893. The first-order valence-corrected chi connectivity index (χ1v) is 12.0. The number of nitrogens with zero attached hydrogens (tertiary/aromatic N) is 3. The average Bonchev–Trinajstić information content (AvgIpc) is 2.87. The van der Waals surface area contributed by atoms with Crippen molar-refractivity contribution in [3.63, 3.8) is 0 Å². The predicted molar refractivity (Wildman–Crippen MR) is 134 cm³/mol. The number of pyridine rings is 1. The SMILES string of the molecule is C[C@H]1CN([C@@H](C)CO)C(=O)c2cc(-c3ccccc3F)cnc2O[C@@H]1CN(C)Cc1ccc(F)cc1. The molecule has 1 aromatic heterocycles. The number of hydrogen-bond acceptors (Lipinski definition) is 5. The largest absolute Gasteiger partial charge is 0.472 e. The Balaban J connectivity index is 1.66. The van der Waals surface area contributed by atoms with Crippen molar-refractivity contribution in [1.82, 2.24) is 14.8 Å². The number of aliphatic hydroxyl groups excluding tert-OH is 1. The summed E-state index contributed by atoms with van der Waals surface area (Å²) in [5, 5.41) is 9.84. The van der Waals surface area contributed by atoms with E-state index in [1.807, 2.05) is 14.0 Å². The van der Waals surface area contributed by atoms with Crippen molar-refractivity contribution < 1.29 is 23.4 Å². The van der Waals surface area contributed by atoms with Crippen molar-refractivity contribution in [2.75, 3.05) is 26.7 Å². The molecule has 1 aliphatic rings. The Morgan fingerprint density at radius 3 is 2.58 bits per heavy atom. The molecule has 0 spiro atoms. The Morgan fingerprint density at radius 2 is 1.89 bits per heavy atom. The van der Waals surface area contributed by atoms with Gasteiger partial charge in [-0.05, 0) is 43.8 Å². The van der Waals surface area contributed by atoms with Gasteiger partial charge in [-0.25, -0.2) is 13.8 Å². The lowest BCUT2D eigenvalue weighted by molar-refractivity contribution is 0.0325. The monoisotopic (exact) mass is 495 g/mol. The minimum Gasteiger partial charge on any atom is -0.472 e. The molecule has 4 rings (SSSR count). The third kappa shape index (κ3) is 5.71. The van der Waals surface area contributed by atoms with Crippen LogP contribution in [0.5, 0.6) is 5.88 Å². The van der Waals surface area contributed by atoms with Gasteiger partial charge in [0.15, 0.2) is 0 Å². The fourth-order valence-corrected chi connectivity index (χ4v) is 4.44. The zero-order valence-electron chi connectivity index (χ0n) is 20.7. The summed E-state index contributed by atoms with van der Waals surface area (Å²) in [7, 11) is 1.95. The molecular weight excluding hydrogens is 464 g/mol. The quantitative estimate of drug-likeness (QED) is 0.527. The molecule has 1 N–H and O–H groups in total. The minimum atomic E-state index is -0.416. The molecule has 0 fully saturated rings. The fourth-order valence-electron chi connectivity index (χ4n) is 4.44. The summed E-state index contributed by atoms with van der Waals surface area (Å²) < 4.78 is 34.0. The van der Waals surface area contributed by atoms with Gasteiger partial charge in [0.2, 0.25) is 5.88 Å². The van der Waals surface area contributed by atoms with Crippen LogP contribution in [0.4, 0.5) is 8.78 Å². The van der Waals surface area contributed by atoms with Crippen LogP contribution in [-0.4, -0.2) is 64.7 Å². The van der Waals surface area contributed by atoms with Crippen LogP contribution in [0, 0.1) is 17.6 Å². The van der Waals surface area contributed by atoms with Crippen molar-refractivity contribution in [1.29, 1.82) is 0 Å². The highest BCUT2D eigenvalue weighted by atomic mass is 19.1. The zero-order valence-corrected chi connectivity index (χ0v) is 20.7. The zero-order chi connectivity index (χ0) is 25.8. The van der Waals surface area contributed by atoms with Gasteiger partial charge < -0.3 is 14.7 Å². The van der Waals surface area contributed by atoms with Gasteiger partial charge >= 0.3 is 0 Å². The van der Waals surface area contributed by atoms with E-state index < -0.39 is 11.9 Å². The Hall–Kier alpha value is -3.36. The summed E-state index contributed by atoms with van der Waals surface area (Å²) in [4.78, 5) is 21.7. The first-order chi connectivity index (χ1) is 17.3. The highest BCUT2D eigenvalue weighted by Crippen LogP contribution is 2.31. The number of aliphatic hydroxyl groups is 1. The fraction of sp³-hybridized carbons (Fsp3) is 0.357. The second kappa shape index (κ2) is 11.1. The van der Waals surface area contributed by atoms with Gasteiger partial charge in [0.1, 0.15) is 23.3 Å². The maximum Gasteiger partial charge on any atom is 0.259 e. The molecule has 0 radical (unpaired) electrons. The van der Waals surface area contributed by atoms with E-state index in [-0.39, 0.29) is 41.8 Å². The van der Waals surface area contributed by atoms with E-state index in [1.165, 1.54) is 24.4 Å². The lowest BCUT2D eigenvalue weighted by Crippen LogP contribution is -2.49. The third-order valence-electron chi connectivity index (χ3n) is 6.56. The van der Waals surface area contributed by atoms with Gasteiger partial charge in [-0.15, -0.1) is 0 Å². The van der Waals surface area contributed by atoms with E-state index in [0.29, 0.717) is 30.8 Å². The third-order valence-corrected chi connectivity index (χ3v) is 6.56. The van der Waals surface area contributed by atoms with E-state index in [1.54, 1.807) is 48.2 Å².